The largest absolute Gasteiger partial charge is 0.460 e. The van der Waals surface area contributed by atoms with E-state index in [1.165, 1.54) is 0 Å². The predicted molar refractivity (Wildman–Crippen MR) is 52.3 cm³/mol. The summed E-state index contributed by atoms with van der Waals surface area (Å²) < 4.78 is 9.82. The van der Waals surface area contributed by atoms with Crippen LogP contribution in [0.3, 0.4) is 0 Å². The Hall–Kier alpha value is -1.07. The molecule has 1 aromatic heterocycles. The van der Waals surface area contributed by atoms with Gasteiger partial charge in [-0.25, -0.2) is 9.78 Å². The fraction of sp³-hybridized carbons (Fsp3) is 0.500. The zero-order valence-corrected chi connectivity index (χ0v) is 8.89. The second-order valence-electron chi connectivity index (χ2n) is 2.45. The molecule has 0 amide bonds. The fourth-order valence-corrected chi connectivity index (χ4v) is 0.926. The van der Waals surface area contributed by atoms with Crippen LogP contribution in [-0.2, 0) is 11.3 Å². The van der Waals surface area contributed by atoms with E-state index in [2.05, 4.69) is 4.98 Å². The van der Waals surface area contributed by atoms with E-state index in [-0.39, 0.29) is 24.7 Å². The maximum atomic E-state index is 11.2. The predicted octanol–water partition coefficient (Wildman–Crippen LogP) is 1.04. The highest BCUT2D eigenvalue weighted by Crippen LogP contribution is 2.10. The molecule has 2 N–H and O–H groups in total. The summed E-state index contributed by atoms with van der Waals surface area (Å²) >= 11 is 0. The van der Waals surface area contributed by atoms with Gasteiger partial charge in [0.25, 0.3) is 0 Å². The summed E-state index contributed by atoms with van der Waals surface area (Å²) in [6.45, 7) is 3.90. The van der Waals surface area contributed by atoms with Crippen molar-refractivity contribution in [3.63, 3.8) is 0 Å². The number of hydrogen-bond donors (Lipinski definition) is 1. The van der Waals surface area contributed by atoms with E-state index in [0.717, 1.165) is 0 Å². The number of nitrogens with two attached hydrogens (primary N) is 1. The lowest BCUT2D eigenvalue weighted by Crippen LogP contribution is -2.04. The Labute approximate surface area is 88.0 Å². The summed E-state index contributed by atoms with van der Waals surface area (Å²) in [4.78, 5) is 15.1. The molecule has 0 unspecified atom stereocenters. The topological polar surface area (TPSA) is 78.3 Å². The van der Waals surface area contributed by atoms with Gasteiger partial charge >= 0.3 is 5.97 Å². The lowest BCUT2D eigenvalue weighted by molar-refractivity contribution is 0.0487. The van der Waals surface area contributed by atoms with Crippen LogP contribution in [0.4, 0.5) is 0 Å². The minimum atomic E-state index is -0.493. The van der Waals surface area contributed by atoms with Crippen molar-refractivity contribution in [2.24, 2.45) is 5.73 Å². The number of oxazole rings is 1. The number of aromatic nitrogens is 1. The molecule has 0 aromatic carbocycles. The normalized spacial score (nSPS) is 9.36. The molecular formula is C8H13ClN2O3. The van der Waals surface area contributed by atoms with Gasteiger partial charge in [0.2, 0.25) is 11.7 Å². The Morgan fingerprint density at radius 2 is 2.29 bits per heavy atom. The van der Waals surface area contributed by atoms with E-state index in [9.17, 15) is 4.79 Å². The highest BCUT2D eigenvalue weighted by molar-refractivity contribution is 5.87. The molecule has 14 heavy (non-hydrogen) atoms. The molecule has 6 heteroatoms. The van der Waals surface area contributed by atoms with E-state index in [4.69, 9.17) is 14.9 Å². The third-order valence-electron chi connectivity index (χ3n) is 1.48. The molecule has 80 valence electrons. The van der Waals surface area contributed by atoms with Crippen LogP contribution in [0, 0.1) is 6.92 Å². The number of rotatable bonds is 3. The first-order chi connectivity index (χ1) is 6.19. The molecule has 0 bridgehead atoms. The van der Waals surface area contributed by atoms with E-state index in [1.807, 2.05) is 0 Å². The number of esters is 1. The Morgan fingerprint density at radius 3 is 2.71 bits per heavy atom. The molecule has 0 saturated heterocycles. The molecule has 0 fully saturated rings. The van der Waals surface area contributed by atoms with Crippen molar-refractivity contribution in [1.29, 1.82) is 0 Å². The van der Waals surface area contributed by atoms with Crippen molar-refractivity contribution in [3.05, 3.63) is 17.3 Å². The summed E-state index contributed by atoms with van der Waals surface area (Å²) in [6, 6.07) is 0. The van der Waals surface area contributed by atoms with Crippen LogP contribution < -0.4 is 5.73 Å². The highest BCUT2D eigenvalue weighted by atomic mass is 35.5. The molecule has 5 nitrogen and oxygen atoms in total. The first-order valence-corrected chi connectivity index (χ1v) is 4.02. The third-order valence-corrected chi connectivity index (χ3v) is 1.48. The monoisotopic (exact) mass is 220 g/mol. The zero-order chi connectivity index (χ0) is 9.84. The fourth-order valence-electron chi connectivity index (χ4n) is 0.926. The van der Waals surface area contributed by atoms with Gasteiger partial charge in [0.1, 0.15) is 0 Å². The Bertz CT molecular complexity index is 312. The van der Waals surface area contributed by atoms with Crippen molar-refractivity contribution in [1.82, 2.24) is 4.98 Å². The van der Waals surface area contributed by atoms with Crippen LogP contribution in [0.5, 0.6) is 0 Å². The first kappa shape index (κ1) is 12.9. The van der Waals surface area contributed by atoms with Gasteiger partial charge in [-0.2, -0.15) is 0 Å². The number of nitrogens with zero attached hydrogens (tertiary/aromatic N) is 1. The third kappa shape index (κ3) is 2.71. The molecule has 0 radical (unpaired) electrons. The van der Waals surface area contributed by atoms with Crippen LogP contribution >= 0.6 is 12.4 Å². The molecule has 1 aromatic rings. The average Bonchev–Trinajstić information content (AvgIpc) is 2.47. The Morgan fingerprint density at radius 1 is 1.64 bits per heavy atom. The molecule has 0 saturated carbocycles. The highest BCUT2D eigenvalue weighted by Gasteiger charge is 2.17. The zero-order valence-electron chi connectivity index (χ0n) is 8.07. The number of halogens is 1. The molecule has 0 atom stereocenters. The van der Waals surface area contributed by atoms with Crippen LogP contribution in [-0.4, -0.2) is 17.6 Å². The van der Waals surface area contributed by atoms with E-state index < -0.39 is 5.97 Å². The van der Waals surface area contributed by atoms with Gasteiger partial charge in [-0.15, -0.1) is 12.4 Å². The van der Waals surface area contributed by atoms with Gasteiger partial charge in [0, 0.05) is 0 Å². The average molecular weight is 221 g/mol. The Kier molecular flexibility index (Phi) is 5.19. The molecule has 1 heterocycles. The lowest BCUT2D eigenvalue weighted by Gasteiger charge is -1.96. The van der Waals surface area contributed by atoms with Crippen molar-refractivity contribution < 1.29 is 13.9 Å². The summed E-state index contributed by atoms with van der Waals surface area (Å²) in [5, 5.41) is 0. The number of aryl methyl sites for hydroxylation is 1. The van der Waals surface area contributed by atoms with E-state index in [0.29, 0.717) is 18.2 Å². The number of hydrogen-bond acceptors (Lipinski definition) is 5. The van der Waals surface area contributed by atoms with Crippen molar-refractivity contribution in [2.45, 2.75) is 20.4 Å². The molecular weight excluding hydrogens is 208 g/mol. The number of carbonyl (C=O) groups is 1. The summed E-state index contributed by atoms with van der Waals surface area (Å²) in [7, 11) is 0. The van der Waals surface area contributed by atoms with E-state index in [1.54, 1.807) is 13.8 Å². The van der Waals surface area contributed by atoms with Crippen LogP contribution in [0.1, 0.15) is 29.1 Å². The summed E-state index contributed by atoms with van der Waals surface area (Å²) in [5.74, 6) is -0.00458. The molecule has 0 aliphatic rings. The van der Waals surface area contributed by atoms with Gasteiger partial charge in [-0.1, -0.05) is 0 Å². The smallest absolute Gasteiger partial charge is 0.376 e. The summed E-state index contributed by atoms with van der Waals surface area (Å²) in [5.41, 5.74) is 5.81. The van der Waals surface area contributed by atoms with Gasteiger partial charge in [0.05, 0.1) is 18.8 Å². The SMILES string of the molecule is CCOC(=O)c1oc(CN)nc1C.Cl. The van der Waals surface area contributed by atoms with Gasteiger partial charge in [0.15, 0.2) is 0 Å². The minimum Gasteiger partial charge on any atom is -0.460 e. The summed E-state index contributed by atoms with van der Waals surface area (Å²) in [6.07, 6.45) is 0. The lowest BCUT2D eigenvalue weighted by atomic mass is 10.4. The van der Waals surface area contributed by atoms with Crippen LogP contribution in [0.15, 0.2) is 4.42 Å². The Balaban J connectivity index is 0.00000169. The van der Waals surface area contributed by atoms with E-state index >= 15 is 0 Å². The van der Waals surface area contributed by atoms with Gasteiger partial charge in [-0.05, 0) is 13.8 Å². The van der Waals surface area contributed by atoms with Crippen LogP contribution in [0.2, 0.25) is 0 Å². The quantitative estimate of drug-likeness (QED) is 0.770. The number of ether oxygens (including phenoxy) is 1. The maximum absolute atomic E-state index is 11.2. The molecule has 0 aliphatic heterocycles. The second kappa shape index (κ2) is 5.62. The van der Waals surface area contributed by atoms with Crippen LogP contribution in [0.25, 0.3) is 0 Å². The minimum absolute atomic E-state index is 0. The second-order valence-corrected chi connectivity index (χ2v) is 2.45. The van der Waals surface area contributed by atoms with Crippen molar-refractivity contribution in [3.8, 4) is 0 Å². The first-order valence-electron chi connectivity index (χ1n) is 4.02. The van der Waals surface area contributed by atoms with Gasteiger partial charge in [-0.3, -0.25) is 0 Å². The van der Waals surface area contributed by atoms with Crippen molar-refractivity contribution in [2.75, 3.05) is 6.61 Å². The standard InChI is InChI=1S/C8H12N2O3.ClH/c1-3-12-8(11)7-5(2)10-6(4-9)13-7;/h3-4,9H2,1-2H3;1H. The maximum Gasteiger partial charge on any atom is 0.376 e. The number of carbonyl (C=O) groups excluding carboxylic acids is 1. The molecule has 0 spiro atoms. The van der Waals surface area contributed by atoms with Gasteiger partial charge < -0.3 is 14.9 Å². The van der Waals surface area contributed by atoms with Crippen molar-refractivity contribution >= 4 is 18.4 Å². The molecule has 0 aliphatic carbocycles. The molecule has 1 rings (SSSR count).